The molecule has 1 aliphatic rings. The molecular weight excluding hydrogens is 302 g/mol. The summed E-state index contributed by atoms with van der Waals surface area (Å²) < 4.78 is 5.01. The molecule has 5 heteroatoms. The fourth-order valence-corrected chi connectivity index (χ4v) is 3.06. The number of carbonyl (C=O) groups is 1. The van der Waals surface area contributed by atoms with Crippen LogP contribution in [0.5, 0.6) is 0 Å². The fraction of sp³-hybridized carbons (Fsp3) is 0.789. The van der Waals surface area contributed by atoms with Gasteiger partial charge in [0.2, 0.25) is 5.91 Å². The quantitative estimate of drug-likeness (QED) is 0.866. The van der Waals surface area contributed by atoms with Gasteiger partial charge < -0.3 is 14.7 Å². The van der Waals surface area contributed by atoms with Crippen LogP contribution in [0.15, 0.2) is 10.6 Å². The molecule has 5 nitrogen and oxygen atoms in total. The van der Waals surface area contributed by atoms with Crippen molar-refractivity contribution in [1.82, 2.24) is 15.4 Å². The van der Waals surface area contributed by atoms with Crippen LogP contribution in [0.4, 0.5) is 0 Å². The average Bonchev–Trinajstić information content (AvgIpc) is 2.92. The zero-order valence-electron chi connectivity index (χ0n) is 15.9. The number of aromatic nitrogens is 1. The Bertz CT molecular complexity index is 525. The second-order valence-corrected chi connectivity index (χ2v) is 8.42. The molecule has 0 spiro atoms. The number of rotatable bonds is 6. The minimum absolute atomic E-state index is 0.122. The molecular formula is C19H33N3O2. The van der Waals surface area contributed by atoms with Gasteiger partial charge in [-0.2, -0.15) is 0 Å². The molecule has 0 bridgehead atoms. The Labute approximate surface area is 146 Å². The van der Waals surface area contributed by atoms with Gasteiger partial charge in [-0.15, -0.1) is 0 Å². The lowest BCUT2D eigenvalue weighted by molar-refractivity contribution is -0.122. The standard InChI is InChI=1S/C19H33N3O2/c1-14(19(3,4)5)13-22-8-6-16(7-9-22)11-18(23)20-12-17-10-15(2)24-21-17/h10,14,16H,6-9,11-13H2,1-5H3,(H,20,23). The van der Waals surface area contributed by atoms with E-state index in [0.29, 0.717) is 30.2 Å². The summed E-state index contributed by atoms with van der Waals surface area (Å²) in [6.45, 7) is 15.0. The normalized spacial score (nSPS) is 18.5. The maximum atomic E-state index is 12.1. The van der Waals surface area contributed by atoms with Crippen molar-refractivity contribution in [2.75, 3.05) is 19.6 Å². The minimum Gasteiger partial charge on any atom is -0.361 e. The van der Waals surface area contributed by atoms with E-state index in [1.165, 1.54) is 0 Å². The predicted octanol–water partition coefficient (Wildman–Crippen LogP) is 3.38. The van der Waals surface area contributed by atoms with Crippen LogP contribution in [-0.4, -0.2) is 35.6 Å². The lowest BCUT2D eigenvalue weighted by Crippen LogP contribution is -2.40. The number of carbonyl (C=O) groups excluding carboxylic acids is 1. The topological polar surface area (TPSA) is 58.4 Å². The van der Waals surface area contributed by atoms with E-state index >= 15 is 0 Å². The highest BCUT2D eigenvalue weighted by Crippen LogP contribution is 2.28. The molecule has 1 aliphatic heterocycles. The zero-order chi connectivity index (χ0) is 17.7. The van der Waals surface area contributed by atoms with Crippen molar-refractivity contribution in [2.24, 2.45) is 17.3 Å². The first-order chi connectivity index (χ1) is 11.2. The number of aryl methyl sites for hydroxylation is 1. The molecule has 1 aromatic rings. The second kappa shape index (κ2) is 8.15. The van der Waals surface area contributed by atoms with Crippen LogP contribution in [0.1, 0.15) is 58.4 Å². The summed E-state index contributed by atoms with van der Waals surface area (Å²) in [6, 6.07) is 1.86. The van der Waals surface area contributed by atoms with Gasteiger partial charge in [0.1, 0.15) is 11.5 Å². The van der Waals surface area contributed by atoms with Gasteiger partial charge >= 0.3 is 0 Å². The predicted molar refractivity (Wildman–Crippen MR) is 95.5 cm³/mol. The Morgan fingerprint density at radius 2 is 2.08 bits per heavy atom. The van der Waals surface area contributed by atoms with Crippen LogP contribution in [0.25, 0.3) is 0 Å². The first kappa shape index (κ1) is 19.0. The van der Waals surface area contributed by atoms with Crippen molar-refractivity contribution in [3.05, 3.63) is 17.5 Å². The van der Waals surface area contributed by atoms with Crippen LogP contribution in [0.3, 0.4) is 0 Å². The third-order valence-electron chi connectivity index (χ3n) is 5.34. The van der Waals surface area contributed by atoms with Crippen LogP contribution in [0.2, 0.25) is 0 Å². The molecule has 1 amide bonds. The molecule has 0 saturated carbocycles. The Balaban J connectivity index is 1.66. The highest BCUT2D eigenvalue weighted by Gasteiger charge is 2.26. The molecule has 1 saturated heterocycles. The fourth-order valence-electron chi connectivity index (χ4n) is 3.06. The molecule has 1 N–H and O–H groups in total. The first-order valence-corrected chi connectivity index (χ1v) is 9.15. The minimum atomic E-state index is 0.122. The number of likely N-dealkylation sites (tertiary alicyclic amines) is 1. The van der Waals surface area contributed by atoms with E-state index in [9.17, 15) is 4.79 Å². The summed E-state index contributed by atoms with van der Waals surface area (Å²) in [6.07, 6.45) is 2.86. The number of nitrogens with zero attached hydrogens (tertiary/aromatic N) is 2. The average molecular weight is 335 g/mol. The van der Waals surface area contributed by atoms with Crippen LogP contribution >= 0.6 is 0 Å². The van der Waals surface area contributed by atoms with E-state index in [1.807, 2.05) is 13.0 Å². The van der Waals surface area contributed by atoms with E-state index in [-0.39, 0.29) is 5.91 Å². The summed E-state index contributed by atoms with van der Waals surface area (Å²) in [4.78, 5) is 14.7. The van der Waals surface area contributed by atoms with Crippen molar-refractivity contribution < 1.29 is 9.32 Å². The smallest absolute Gasteiger partial charge is 0.220 e. The molecule has 24 heavy (non-hydrogen) atoms. The van der Waals surface area contributed by atoms with Gasteiger partial charge in [0.15, 0.2) is 0 Å². The summed E-state index contributed by atoms with van der Waals surface area (Å²) in [5.41, 5.74) is 1.14. The van der Waals surface area contributed by atoms with Gasteiger partial charge in [0, 0.05) is 19.0 Å². The largest absolute Gasteiger partial charge is 0.361 e. The molecule has 1 unspecified atom stereocenters. The summed E-state index contributed by atoms with van der Waals surface area (Å²) in [5, 5.41) is 6.84. The third kappa shape index (κ3) is 5.93. The van der Waals surface area contributed by atoms with Crippen molar-refractivity contribution in [2.45, 2.75) is 60.4 Å². The molecule has 0 aliphatic carbocycles. The van der Waals surface area contributed by atoms with Crippen molar-refractivity contribution in [3.63, 3.8) is 0 Å². The van der Waals surface area contributed by atoms with Crippen molar-refractivity contribution in [1.29, 1.82) is 0 Å². The first-order valence-electron chi connectivity index (χ1n) is 9.15. The molecule has 0 aromatic carbocycles. The van der Waals surface area contributed by atoms with E-state index in [2.05, 4.69) is 43.1 Å². The summed E-state index contributed by atoms with van der Waals surface area (Å²) >= 11 is 0. The van der Waals surface area contributed by atoms with Crippen LogP contribution in [0, 0.1) is 24.2 Å². The number of piperidine rings is 1. The third-order valence-corrected chi connectivity index (χ3v) is 5.34. The number of hydrogen-bond donors (Lipinski definition) is 1. The van der Waals surface area contributed by atoms with E-state index < -0.39 is 0 Å². The Kier molecular flexibility index (Phi) is 6.44. The van der Waals surface area contributed by atoms with E-state index in [4.69, 9.17) is 4.52 Å². The van der Waals surface area contributed by atoms with E-state index in [1.54, 1.807) is 0 Å². The molecule has 0 radical (unpaired) electrons. The molecule has 1 aromatic heterocycles. The lowest BCUT2D eigenvalue weighted by atomic mass is 9.81. The lowest BCUT2D eigenvalue weighted by Gasteiger charge is -2.37. The van der Waals surface area contributed by atoms with Gasteiger partial charge in [-0.05, 0) is 50.1 Å². The maximum Gasteiger partial charge on any atom is 0.220 e. The number of hydrogen-bond acceptors (Lipinski definition) is 4. The van der Waals surface area contributed by atoms with Crippen molar-refractivity contribution >= 4 is 5.91 Å². The Morgan fingerprint density at radius 3 is 2.62 bits per heavy atom. The number of nitrogens with one attached hydrogen (secondary N) is 1. The monoisotopic (exact) mass is 335 g/mol. The number of amides is 1. The Hall–Kier alpha value is -1.36. The zero-order valence-corrected chi connectivity index (χ0v) is 15.9. The molecule has 1 atom stereocenters. The SMILES string of the molecule is Cc1cc(CNC(=O)CC2CCN(CC(C)C(C)(C)C)CC2)no1. The molecule has 1 fully saturated rings. The second-order valence-electron chi connectivity index (χ2n) is 8.42. The van der Waals surface area contributed by atoms with Gasteiger partial charge in [0.05, 0.1) is 6.54 Å². The molecule has 2 heterocycles. The van der Waals surface area contributed by atoms with Gasteiger partial charge in [-0.1, -0.05) is 32.9 Å². The van der Waals surface area contributed by atoms with E-state index in [0.717, 1.165) is 43.9 Å². The van der Waals surface area contributed by atoms with Crippen molar-refractivity contribution in [3.8, 4) is 0 Å². The van der Waals surface area contributed by atoms with Gasteiger partial charge in [-0.25, -0.2) is 0 Å². The summed E-state index contributed by atoms with van der Waals surface area (Å²) in [5.74, 6) is 2.08. The highest BCUT2D eigenvalue weighted by atomic mass is 16.5. The van der Waals surface area contributed by atoms with Crippen LogP contribution in [-0.2, 0) is 11.3 Å². The molecule has 2 rings (SSSR count). The maximum absolute atomic E-state index is 12.1. The van der Waals surface area contributed by atoms with Gasteiger partial charge in [0.25, 0.3) is 0 Å². The van der Waals surface area contributed by atoms with Crippen LogP contribution < -0.4 is 5.32 Å². The van der Waals surface area contributed by atoms with Gasteiger partial charge in [-0.3, -0.25) is 4.79 Å². The Morgan fingerprint density at radius 1 is 1.42 bits per heavy atom. The highest BCUT2D eigenvalue weighted by molar-refractivity contribution is 5.76. The summed E-state index contributed by atoms with van der Waals surface area (Å²) in [7, 11) is 0. The molecule has 136 valence electrons.